The van der Waals surface area contributed by atoms with Crippen LogP contribution in [0, 0.1) is 6.92 Å². The molecule has 0 atom stereocenters. The van der Waals surface area contributed by atoms with Gasteiger partial charge in [-0.2, -0.15) is 4.98 Å². The normalized spacial score (nSPS) is 17.1. The summed E-state index contributed by atoms with van der Waals surface area (Å²) >= 11 is 0. The first-order chi connectivity index (χ1) is 9.49. The fourth-order valence-corrected chi connectivity index (χ4v) is 2.71. The van der Waals surface area contributed by atoms with E-state index in [2.05, 4.69) is 15.5 Å². The zero-order valence-corrected chi connectivity index (χ0v) is 11.5. The number of aryl methyl sites for hydroxylation is 2. The zero-order valence-electron chi connectivity index (χ0n) is 11.5. The van der Waals surface area contributed by atoms with Gasteiger partial charge in [0.2, 0.25) is 11.8 Å². The Balaban J connectivity index is 1.87. The van der Waals surface area contributed by atoms with E-state index in [1.807, 2.05) is 0 Å². The van der Waals surface area contributed by atoms with Gasteiger partial charge in [-0.25, -0.2) is 0 Å². The van der Waals surface area contributed by atoms with E-state index in [9.17, 15) is 9.59 Å². The van der Waals surface area contributed by atoms with Gasteiger partial charge >= 0.3 is 5.97 Å². The lowest BCUT2D eigenvalue weighted by atomic mass is 9.93. The summed E-state index contributed by atoms with van der Waals surface area (Å²) in [6, 6.07) is 0. The molecule has 1 aliphatic carbocycles. The fraction of sp³-hybridized carbons (Fsp3) is 0.692. The van der Waals surface area contributed by atoms with Crippen molar-refractivity contribution >= 4 is 11.9 Å². The highest BCUT2D eigenvalue weighted by Gasteiger charge is 2.37. The number of amides is 1. The van der Waals surface area contributed by atoms with Gasteiger partial charge in [-0.3, -0.25) is 9.59 Å². The van der Waals surface area contributed by atoms with Crippen LogP contribution in [0.15, 0.2) is 4.52 Å². The second kappa shape index (κ2) is 6.02. The summed E-state index contributed by atoms with van der Waals surface area (Å²) in [4.78, 5) is 26.9. The molecule has 1 amide bonds. The Kier molecular flexibility index (Phi) is 4.36. The summed E-state index contributed by atoms with van der Waals surface area (Å²) < 4.78 is 4.94. The molecule has 1 saturated carbocycles. The molecule has 0 aromatic carbocycles. The molecule has 0 saturated heterocycles. The van der Waals surface area contributed by atoms with Crippen LogP contribution in [0.5, 0.6) is 0 Å². The van der Waals surface area contributed by atoms with Crippen LogP contribution < -0.4 is 5.32 Å². The third-order valence-corrected chi connectivity index (χ3v) is 3.59. The lowest BCUT2D eigenvalue weighted by molar-refractivity contribution is -0.139. The van der Waals surface area contributed by atoms with Gasteiger partial charge < -0.3 is 14.9 Å². The van der Waals surface area contributed by atoms with Crippen molar-refractivity contribution in [3.8, 4) is 0 Å². The maximum Gasteiger partial charge on any atom is 0.305 e. The standard InChI is InChI=1S/C13H19N3O4/c1-9-14-11(20-16-9)5-4-10(17)15-13(8-12(18)19)6-2-3-7-13/h2-8H2,1H3,(H,15,17)(H,18,19). The average molecular weight is 281 g/mol. The van der Waals surface area contributed by atoms with Crippen LogP contribution in [0.25, 0.3) is 0 Å². The van der Waals surface area contributed by atoms with Crippen molar-refractivity contribution in [2.24, 2.45) is 0 Å². The van der Waals surface area contributed by atoms with Gasteiger partial charge in [-0.1, -0.05) is 18.0 Å². The molecular weight excluding hydrogens is 262 g/mol. The molecule has 110 valence electrons. The van der Waals surface area contributed by atoms with Gasteiger partial charge in [0.15, 0.2) is 5.82 Å². The monoisotopic (exact) mass is 281 g/mol. The Morgan fingerprint density at radius 1 is 1.40 bits per heavy atom. The van der Waals surface area contributed by atoms with Crippen LogP contribution >= 0.6 is 0 Å². The third kappa shape index (κ3) is 3.79. The summed E-state index contributed by atoms with van der Waals surface area (Å²) in [5.41, 5.74) is -0.576. The molecule has 0 spiro atoms. The summed E-state index contributed by atoms with van der Waals surface area (Å²) in [7, 11) is 0. The number of carboxylic acids is 1. The average Bonchev–Trinajstić information content (AvgIpc) is 2.95. The van der Waals surface area contributed by atoms with Gasteiger partial charge in [0.1, 0.15) is 0 Å². The van der Waals surface area contributed by atoms with Crippen LogP contribution in [-0.4, -0.2) is 32.7 Å². The van der Waals surface area contributed by atoms with Crippen LogP contribution in [0.1, 0.15) is 50.2 Å². The minimum Gasteiger partial charge on any atom is -0.481 e. The number of hydrogen-bond donors (Lipinski definition) is 2. The molecule has 1 heterocycles. The van der Waals surface area contributed by atoms with E-state index in [1.54, 1.807) is 6.92 Å². The van der Waals surface area contributed by atoms with Gasteiger partial charge in [0.05, 0.1) is 12.0 Å². The Labute approximate surface area is 116 Å². The van der Waals surface area contributed by atoms with E-state index < -0.39 is 11.5 Å². The van der Waals surface area contributed by atoms with Crippen LogP contribution in [-0.2, 0) is 16.0 Å². The van der Waals surface area contributed by atoms with Crippen molar-refractivity contribution in [3.05, 3.63) is 11.7 Å². The van der Waals surface area contributed by atoms with Crippen molar-refractivity contribution in [3.63, 3.8) is 0 Å². The molecular formula is C13H19N3O4. The number of carbonyl (C=O) groups is 2. The van der Waals surface area contributed by atoms with E-state index in [1.165, 1.54) is 0 Å². The fourth-order valence-electron chi connectivity index (χ4n) is 2.71. The molecule has 7 heteroatoms. The van der Waals surface area contributed by atoms with Gasteiger partial charge in [-0.05, 0) is 19.8 Å². The first-order valence-electron chi connectivity index (χ1n) is 6.81. The largest absolute Gasteiger partial charge is 0.481 e. The number of carboxylic acid groups (broad SMARTS) is 1. The van der Waals surface area contributed by atoms with Crippen molar-refractivity contribution in [2.75, 3.05) is 0 Å². The Morgan fingerprint density at radius 2 is 2.10 bits per heavy atom. The Hall–Kier alpha value is -1.92. The number of aliphatic carboxylic acids is 1. The highest BCUT2D eigenvalue weighted by atomic mass is 16.5. The molecule has 1 aliphatic rings. The van der Waals surface area contributed by atoms with E-state index in [4.69, 9.17) is 9.63 Å². The number of nitrogens with zero attached hydrogens (tertiary/aromatic N) is 2. The molecule has 2 rings (SSSR count). The molecule has 20 heavy (non-hydrogen) atoms. The molecule has 0 bridgehead atoms. The number of hydrogen-bond acceptors (Lipinski definition) is 5. The van der Waals surface area contributed by atoms with Gasteiger partial charge in [0, 0.05) is 12.8 Å². The molecule has 2 N–H and O–H groups in total. The lowest BCUT2D eigenvalue weighted by Crippen LogP contribution is -2.47. The molecule has 0 radical (unpaired) electrons. The van der Waals surface area contributed by atoms with E-state index in [0.717, 1.165) is 25.7 Å². The summed E-state index contributed by atoms with van der Waals surface area (Å²) in [5, 5.41) is 15.5. The van der Waals surface area contributed by atoms with Crippen LogP contribution in [0.3, 0.4) is 0 Å². The topological polar surface area (TPSA) is 105 Å². The Bertz CT molecular complexity index is 492. The third-order valence-electron chi connectivity index (χ3n) is 3.59. The molecule has 1 aromatic heterocycles. The number of rotatable bonds is 6. The Morgan fingerprint density at radius 3 is 2.65 bits per heavy atom. The minimum atomic E-state index is -0.875. The maximum absolute atomic E-state index is 12.0. The van der Waals surface area contributed by atoms with Gasteiger partial charge in [0.25, 0.3) is 0 Å². The lowest BCUT2D eigenvalue weighted by Gasteiger charge is -2.28. The molecule has 0 aliphatic heterocycles. The number of aromatic nitrogens is 2. The predicted octanol–water partition coefficient (Wildman–Crippen LogP) is 1.21. The van der Waals surface area contributed by atoms with Crippen LogP contribution in [0.2, 0.25) is 0 Å². The van der Waals surface area contributed by atoms with E-state index >= 15 is 0 Å². The molecule has 7 nitrogen and oxygen atoms in total. The number of carbonyl (C=O) groups excluding carboxylic acids is 1. The minimum absolute atomic E-state index is 0.0155. The second-order valence-corrected chi connectivity index (χ2v) is 5.34. The van der Waals surface area contributed by atoms with Crippen molar-refractivity contribution in [1.29, 1.82) is 0 Å². The van der Waals surface area contributed by atoms with Crippen molar-refractivity contribution in [1.82, 2.24) is 15.5 Å². The maximum atomic E-state index is 12.0. The second-order valence-electron chi connectivity index (χ2n) is 5.34. The summed E-state index contributed by atoms with van der Waals surface area (Å²) in [6.07, 6.45) is 3.94. The highest BCUT2D eigenvalue weighted by molar-refractivity contribution is 5.78. The van der Waals surface area contributed by atoms with Gasteiger partial charge in [-0.15, -0.1) is 0 Å². The SMILES string of the molecule is Cc1noc(CCC(=O)NC2(CC(=O)O)CCCC2)n1. The first-order valence-corrected chi connectivity index (χ1v) is 6.81. The molecule has 0 unspecified atom stereocenters. The predicted molar refractivity (Wildman–Crippen MR) is 69.0 cm³/mol. The van der Waals surface area contributed by atoms with Crippen LogP contribution in [0.4, 0.5) is 0 Å². The molecule has 1 aromatic rings. The first kappa shape index (κ1) is 14.5. The van der Waals surface area contributed by atoms with Crippen molar-refractivity contribution < 1.29 is 19.2 Å². The molecule has 1 fully saturated rings. The zero-order chi connectivity index (χ0) is 14.6. The quantitative estimate of drug-likeness (QED) is 0.812. The van der Waals surface area contributed by atoms with Crippen molar-refractivity contribution in [2.45, 2.75) is 57.4 Å². The summed E-state index contributed by atoms with van der Waals surface area (Å²) in [5.74, 6) is -0.0707. The smallest absolute Gasteiger partial charge is 0.305 e. The summed E-state index contributed by atoms with van der Waals surface area (Å²) in [6.45, 7) is 1.72. The number of nitrogens with one attached hydrogen (secondary N) is 1. The van der Waals surface area contributed by atoms with E-state index in [0.29, 0.717) is 18.1 Å². The highest BCUT2D eigenvalue weighted by Crippen LogP contribution is 2.32. The van der Waals surface area contributed by atoms with E-state index in [-0.39, 0.29) is 18.7 Å².